The first-order valence-electron chi connectivity index (χ1n) is 8.22. The van der Waals surface area contributed by atoms with Crippen LogP contribution in [0.3, 0.4) is 0 Å². The van der Waals surface area contributed by atoms with E-state index in [0.29, 0.717) is 6.54 Å². The summed E-state index contributed by atoms with van der Waals surface area (Å²) in [6.45, 7) is 6.98. The monoisotopic (exact) mass is 318 g/mol. The first kappa shape index (κ1) is 16.2. The van der Waals surface area contributed by atoms with Crippen LogP contribution in [0.15, 0.2) is 18.2 Å². The van der Waals surface area contributed by atoms with E-state index in [2.05, 4.69) is 21.6 Å². The van der Waals surface area contributed by atoms with Crippen LogP contribution < -0.4 is 15.8 Å². The number of hydrogen-bond donors (Lipinski definition) is 3. The second-order valence-electron chi connectivity index (χ2n) is 6.90. The van der Waals surface area contributed by atoms with E-state index in [-0.39, 0.29) is 11.6 Å². The van der Waals surface area contributed by atoms with Crippen LogP contribution in [0.1, 0.15) is 32.4 Å². The zero-order valence-electron chi connectivity index (χ0n) is 13.9. The third-order valence-electron chi connectivity index (χ3n) is 3.96. The van der Waals surface area contributed by atoms with Gasteiger partial charge in [-0.1, -0.05) is 0 Å². The Labute approximate surface area is 136 Å². The highest BCUT2D eigenvalue weighted by molar-refractivity contribution is 5.82. The van der Waals surface area contributed by atoms with E-state index in [1.54, 1.807) is 0 Å². The molecule has 2 aromatic rings. The molecule has 0 bridgehead atoms. The number of fused-ring (bicyclic) bond motifs is 1. The molecule has 6 heteroatoms. The third kappa shape index (κ3) is 4.43. The predicted molar refractivity (Wildman–Crippen MR) is 90.5 cm³/mol. The Hall–Kier alpha value is -1.63. The fraction of sp³-hybridized carbons (Fsp3) is 0.588. The van der Waals surface area contributed by atoms with E-state index in [0.717, 1.165) is 54.9 Å². The minimum absolute atomic E-state index is 0.233. The average molecular weight is 318 g/mol. The molecule has 1 aliphatic rings. The van der Waals surface area contributed by atoms with Crippen LogP contribution in [-0.4, -0.2) is 41.6 Å². The number of ether oxygens (including phenoxy) is 2. The molecule has 0 unspecified atom stereocenters. The highest BCUT2D eigenvalue weighted by Crippen LogP contribution is 2.24. The van der Waals surface area contributed by atoms with Crippen LogP contribution in [0.25, 0.3) is 10.9 Å². The highest BCUT2D eigenvalue weighted by atomic mass is 16.5. The zero-order chi connectivity index (χ0) is 16.3. The van der Waals surface area contributed by atoms with E-state index in [1.807, 2.05) is 26.0 Å². The summed E-state index contributed by atoms with van der Waals surface area (Å²) in [4.78, 5) is 0. The summed E-state index contributed by atoms with van der Waals surface area (Å²) in [5.74, 6) is 0.895. The van der Waals surface area contributed by atoms with Crippen molar-refractivity contribution >= 4 is 10.9 Å². The lowest BCUT2D eigenvalue weighted by atomic mass is 10.1. The number of rotatable bonds is 6. The fourth-order valence-corrected chi connectivity index (χ4v) is 2.74. The largest absolute Gasteiger partial charge is 0.490 e. The van der Waals surface area contributed by atoms with Gasteiger partial charge in [0.1, 0.15) is 11.9 Å². The summed E-state index contributed by atoms with van der Waals surface area (Å²) in [6.07, 6.45) is 2.14. The third-order valence-corrected chi connectivity index (χ3v) is 3.96. The molecule has 1 aliphatic heterocycles. The van der Waals surface area contributed by atoms with Crippen molar-refractivity contribution in [3.05, 3.63) is 23.9 Å². The summed E-state index contributed by atoms with van der Waals surface area (Å²) >= 11 is 0. The SMILES string of the molecule is CC(C)(N)CNCc1n[nH]c2ccc(OC3CCOCC3)cc12. The van der Waals surface area contributed by atoms with E-state index < -0.39 is 0 Å². The van der Waals surface area contributed by atoms with Crippen LogP contribution in [0.2, 0.25) is 0 Å². The number of nitrogens with one attached hydrogen (secondary N) is 2. The first-order chi connectivity index (χ1) is 11.0. The molecular formula is C17H26N4O2. The number of aromatic amines is 1. The van der Waals surface area contributed by atoms with Gasteiger partial charge >= 0.3 is 0 Å². The van der Waals surface area contributed by atoms with Crippen LogP contribution in [-0.2, 0) is 11.3 Å². The van der Waals surface area contributed by atoms with Gasteiger partial charge in [0.05, 0.1) is 24.4 Å². The maximum absolute atomic E-state index is 6.08. The van der Waals surface area contributed by atoms with Gasteiger partial charge in [-0.25, -0.2) is 0 Å². The molecule has 0 aliphatic carbocycles. The first-order valence-corrected chi connectivity index (χ1v) is 8.22. The predicted octanol–water partition coefficient (Wildman–Crippen LogP) is 1.95. The number of H-pyrrole nitrogens is 1. The molecule has 1 aromatic carbocycles. The lowest BCUT2D eigenvalue weighted by molar-refractivity contribution is 0.0256. The Morgan fingerprint density at radius 2 is 2.17 bits per heavy atom. The molecule has 0 spiro atoms. The summed E-state index contributed by atoms with van der Waals surface area (Å²) in [5.41, 5.74) is 7.77. The lowest BCUT2D eigenvalue weighted by Gasteiger charge is -2.23. The molecule has 126 valence electrons. The van der Waals surface area contributed by atoms with Gasteiger partial charge in [0.2, 0.25) is 0 Å². The van der Waals surface area contributed by atoms with E-state index in [1.165, 1.54) is 0 Å². The summed E-state index contributed by atoms with van der Waals surface area (Å²) < 4.78 is 11.5. The van der Waals surface area contributed by atoms with Crippen molar-refractivity contribution in [1.29, 1.82) is 0 Å². The number of benzene rings is 1. The number of nitrogens with two attached hydrogens (primary N) is 1. The standard InChI is InChI=1S/C17H26N4O2/c1-17(2,18)11-19-10-16-14-9-13(3-4-15(14)20-21-16)23-12-5-7-22-8-6-12/h3-4,9,12,19H,5-8,10-11,18H2,1-2H3,(H,20,21). The van der Waals surface area contributed by atoms with Crippen LogP contribution in [0, 0.1) is 0 Å². The number of nitrogens with zero attached hydrogens (tertiary/aromatic N) is 1. The molecule has 3 rings (SSSR count). The highest BCUT2D eigenvalue weighted by Gasteiger charge is 2.16. The number of aromatic nitrogens is 2. The molecule has 1 saturated heterocycles. The van der Waals surface area contributed by atoms with Gasteiger partial charge in [-0.3, -0.25) is 5.10 Å². The van der Waals surface area contributed by atoms with Crippen molar-refractivity contribution in [2.24, 2.45) is 5.73 Å². The molecule has 23 heavy (non-hydrogen) atoms. The fourth-order valence-electron chi connectivity index (χ4n) is 2.74. The molecule has 2 heterocycles. The van der Waals surface area contributed by atoms with Crippen molar-refractivity contribution < 1.29 is 9.47 Å². The maximum atomic E-state index is 6.08. The van der Waals surface area contributed by atoms with Crippen LogP contribution >= 0.6 is 0 Å². The topological polar surface area (TPSA) is 85.2 Å². The molecule has 0 saturated carbocycles. The Bertz CT molecular complexity index is 642. The van der Waals surface area contributed by atoms with E-state index in [9.17, 15) is 0 Å². The van der Waals surface area contributed by atoms with Crippen molar-refractivity contribution in [1.82, 2.24) is 15.5 Å². The lowest BCUT2D eigenvalue weighted by Crippen LogP contribution is -2.42. The molecule has 4 N–H and O–H groups in total. The van der Waals surface area contributed by atoms with Gasteiger partial charge < -0.3 is 20.5 Å². The Morgan fingerprint density at radius 1 is 1.39 bits per heavy atom. The molecule has 1 aromatic heterocycles. The van der Waals surface area contributed by atoms with Gasteiger partial charge in [-0.05, 0) is 32.0 Å². The van der Waals surface area contributed by atoms with Gasteiger partial charge in [0.15, 0.2) is 0 Å². The molecule has 0 radical (unpaired) electrons. The van der Waals surface area contributed by atoms with Crippen LogP contribution in [0.4, 0.5) is 0 Å². The average Bonchev–Trinajstić information content (AvgIpc) is 2.90. The molecule has 0 atom stereocenters. The maximum Gasteiger partial charge on any atom is 0.120 e. The minimum Gasteiger partial charge on any atom is -0.490 e. The van der Waals surface area contributed by atoms with Crippen molar-refractivity contribution in [2.45, 2.75) is 44.9 Å². The minimum atomic E-state index is -0.233. The van der Waals surface area contributed by atoms with Crippen molar-refractivity contribution in [3.63, 3.8) is 0 Å². The van der Waals surface area contributed by atoms with Gasteiger partial charge in [0.25, 0.3) is 0 Å². The Balaban J connectivity index is 1.69. The second-order valence-corrected chi connectivity index (χ2v) is 6.90. The summed E-state index contributed by atoms with van der Waals surface area (Å²) in [7, 11) is 0. The summed E-state index contributed by atoms with van der Waals surface area (Å²) in [6, 6.07) is 6.09. The molecule has 1 fully saturated rings. The zero-order valence-corrected chi connectivity index (χ0v) is 13.9. The van der Waals surface area contributed by atoms with Gasteiger partial charge in [-0.15, -0.1) is 0 Å². The molecule has 0 amide bonds. The molecular weight excluding hydrogens is 292 g/mol. The van der Waals surface area contributed by atoms with Crippen molar-refractivity contribution in [2.75, 3.05) is 19.8 Å². The van der Waals surface area contributed by atoms with E-state index >= 15 is 0 Å². The van der Waals surface area contributed by atoms with Crippen LogP contribution in [0.5, 0.6) is 5.75 Å². The Morgan fingerprint density at radius 3 is 2.91 bits per heavy atom. The smallest absolute Gasteiger partial charge is 0.120 e. The Kier molecular flexibility index (Phi) is 4.84. The number of hydrogen-bond acceptors (Lipinski definition) is 5. The molecule has 6 nitrogen and oxygen atoms in total. The van der Waals surface area contributed by atoms with Gasteiger partial charge in [0, 0.05) is 36.9 Å². The quantitative estimate of drug-likeness (QED) is 0.758. The summed E-state index contributed by atoms with van der Waals surface area (Å²) in [5, 5.41) is 11.9. The second kappa shape index (κ2) is 6.86. The van der Waals surface area contributed by atoms with Crippen molar-refractivity contribution in [3.8, 4) is 5.75 Å². The normalized spacial score (nSPS) is 16.8. The van der Waals surface area contributed by atoms with Gasteiger partial charge in [-0.2, -0.15) is 5.10 Å². The van der Waals surface area contributed by atoms with E-state index in [4.69, 9.17) is 15.2 Å².